The Bertz CT molecular complexity index is 408. The van der Waals surface area contributed by atoms with Crippen LogP contribution in [-0.4, -0.2) is 21.7 Å². The third-order valence-corrected chi connectivity index (χ3v) is 1.80. The smallest absolute Gasteiger partial charge is 0.164 e. The minimum absolute atomic E-state index is 0.803. The molecule has 2 aromatic rings. The quantitative estimate of drug-likeness (QED) is 0.630. The molecule has 4 nitrogen and oxygen atoms in total. The van der Waals surface area contributed by atoms with Crippen molar-refractivity contribution in [2.45, 2.75) is 6.92 Å². The number of methoxy groups -OCH3 is 1. The molecule has 0 N–H and O–H groups in total. The monoisotopic (exact) mass is 163 g/mol. The van der Waals surface area contributed by atoms with Gasteiger partial charge in [0.2, 0.25) is 0 Å². The van der Waals surface area contributed by atoms with Gasteiger partial charge in [0.1, 0.15) is 12.1 Å². The maximum absolute atomic E-state index is 5.14. The largest absolute Gasteiger partial charge is 0.496 e. The molecular formula is C8H9N3O. The molecule has 0 aliphatic carbocycles. The molecule has 0 aromatic carbocycles. The molecule has 2 rings (SSSR count). The van der Waals surface area contributed by atoms with E-state index in [1.807, 2.05) is 23.6 Å². The summed E-state index contributed by atoms with van der Waals surface area (Å²) in [5.41, 5.74) is 1.88. The molecule has 2 heterocycles. The molecule has 0 bridgehead atoms. The van der Waals surface area contributed by atoms with E-state index in [1.165, 1.54) is 0 Å². The van der Waals surface area contributed by atoms with Crippen molar-refractivity contribution in [3.63, 3.8) is 0 Å². The number of nitrogens with zero attached hydrogens (tertiary/aromatic N) is 3. The van der Waals surface area contributed by atoms with Crippen LogP contribution in [-0.2, 0) is 0 Å². The molecule has 0 amide bonds. The highest BCUT2D eigenvalue weighted by molar-refractivity contribution is 5.46. The van der Waals surface area contributed by atoms with E-state index in [4.69, 9.17) is 4.74 Å². The minimum Gasteiger partial charge on any atom is -0.496 e. The number of rotatable bonds is 1. The predicted molar refractivity (Wildman–Crippen MR) is 44.3 cm³/mol. The fraction of sp³-hybridized carbons (Fsp3) is 0.250. The number of aryl methyl sites for hydroxylation is 1. The molecule has 0 atom stereocenters. The predicted octanol–water partition coefficient (Wildman–Crippen LogP) is 1.05. The Hall–Kier alpha value is -1.58. The van der Waals surface area contributed by atoms with Gasteiger partial charge in [0.15, 0.2) is 5.65 Å². The van der Waals surface area contributed by atoms with E-state index >= 15 is 0 Å². The van der Waals surface area contributed by atoms with Crippen molar-refractivity contribution in [3.05, 3.63) is 24.2 Å². The highest BCUT2D eigenvalue weighted by Gasteiger charge is 2.01. The lowest BCUT2D eigenvalue weighted by atomic mass is 10.3. The van der Waals surface area contributed by atoms with Crippen LogP contribution >= 0.6 is 0 Å². The Morgan fingerprint density at radius 3 is 3.08 bits per heavy atom. The number of aromatic nitrogens is 3. The lowest BCUT2D eigenvalue weighted by Gasteiger charge is -2.03. The van der Waals surface area contributed by atoms with Gasteiger partial charge >= 0.3 is 0 Å². The van der Waals surface area contributed by atoms with Gasteiger partial charge in [-0.25, -0.2) is 0 Å². The van der Waals surface area contributed by atoms with Crippen LogP contribution in [0.5, 0.6) is 5.75 Å². The Balaban J connectivity index is 2.73. The zero-order valence-electron chi connectivity index (χ0n) is 6.98. The summed E-state index contributed by atoms with van der Waals surface area (Å²) in [4.78, 5) is 0. The van der Waals surface area contributed by atoms with Crippen molar-refractivity contribution in [1.82, 2.24) is 14.6 Å². The van der Waals surface area contributed by atoms with Crippen LogP contribution in [0.3, 0.4) is 0 Å². The number of fused-ring (bicyclic) bond motifs is 1. The molecule has 0 spiro atoms. The third-order valence-electron chi connectivity index (χ3n) is 1.80. The van der Waals surface area contributed by atoms with Gasteiger partial charge in [0.25, 0.3) is 0 Å². The van der Waals surface area contributed by atoms with Gasteiger partial charge in [0, 0.05) is 17.8 Å². The summed E-state index contributed by atoms with van der Waals surface area (Å²) in [5, 5.41) is 7.68. The molecular weight excluding hydrogens is 154 g/mol. The van der Waals surface area contributed by atoms with Crippen LogP contribution in [0.2, 0.25) is 0 Å². The highest BCUT2D eigenvalue weighted by Crippen LogP contribution is 2.17. The van der Waals surface area contributed by atoms with E-state index < -0.39 is 0 Å². The molecule has 0 unspecified atom stereocenters. The SMILES string of the molecule is COc1cc2nncn2cc1C. The standard InChI is InChI=1S/C8H9N3O/c1-6-4-11-5-9-10-8(11)3-7(6)12-2/h3-5H,1-2H3. The number of pyridine rings is 1. The van der Waals surface area contributed by atoms with Gasteiger partial charge in [-0.1, -0.05) is 0 Å². The Morgan fingerprint density at radius 2 is 2.33 bits per heavy atom. The van der Waals surface area contributed by atoms with E-state index in [9.17, 15) is 0 Å². The summed E-state index contributed by atoms with van der Waals surface area (Å²) in [6.07, 6.45) is 3.61. The molecule has 0 aliphatic rings. The Morgan fingerprint density at radius 1 is 1.50 bits per heavy atom. The second kappa shape index (κ2) is 2.48. The molecule has 62 valence electrons. The van der Waals surface area contributed by atoms with Crippen LogP contribution in [0.4, 0.5) is 0 Å². The molecule has 0 aliphatic heterocycles. The number of hydrogen-bond donors (Lipinski definition) is 0. The third kappa shape index (κ3) is 0.922. The van der Waals surface area contributed by atoms with Crippen molar-refractivity contribution < 1.29 is 4.74 Å². The van der Waals surface area contributed by atoms with Crippen LogP contribution in [0.1, 0.15) is 5.56 Å². The second-order valence-electron chi connectivity index (χ2n) is 2.62. The fourth-order valence-corrected chi connectivity index (χ4v) is 1.18. The molecule has 4 heteroatoms. The first-order chi connectivity index (χ1) is 5.81. The maximum atomic E-state index is 5.14. The molecule has 12 heavy (non-hydrogen) atoms. The summed E-state index contributed by atoms with van der Waals surface area (Å²) in [6, 6.07) is 1.86. The second-order valence-corrected chi connectivity index (χ2v) is 2.62. The lowest BCUT2D eigenvalue weighted by Crippen LogP contribution is -1.91. The molecule has 0 radical (unpaired) electrons. The van der Waals surface area contributed by atoms with Crippen LogP contribution in [0.25, 0.3) is 5.65 Å². The average Bonchev–Trinajstić information content (AvgIpc) is 2.49. The number of ether oxygens (including phenoxy) is 1. The van der Waals surface area contributed by atoms with Gasteiger partial charge in [-0.2, -0.15) is 0 Å². The minimum atomic E-state index is 0.803. The van der Waals surface area contributed by atoms with Crippen molar-refractivity contribution in [1.29, 1.82) is 0 Å². The van der Waals surface area contributed by atoms with Gasteiger partial charge in [0.05, 0.1) is 7.11 Å². The van der Waals surface area contributed by atoms with Crippen molar-refractivity contribution in [3.8, 4) is 5.75 Å². The van der Waals surface area contributed by atoms with Gasteiger partial charge in [-0.15, -0.1) is 10.2 Å². The fourth-order valence-electron chi connectivity index (χ4n) is 1.18. The first-order valence-electron chi connectivity index (χ1n) is 3.65. The normalized spacial score (nSPS) is 10.5. The van der Waals surface area contributed by atoms with Gasteiger partial charge < -0.3 is 4.74 Å². The van der Waals surface area contributed by atoms with Crippen molar-refractivity contribution >= 4 is 5.65 Å². The van der Waals surface area contributed by atoms with Crippen LogP contribution in [0.15, 0.2) is 18.6 Å². The highest BCUT2D eigenvalue weighted by atomic mass is 16.5. The number of hydrogen-bond acceptors (Lipinski definition) is 3. The molecule has 0 fully saturated rings. The lowest BCUT2D eigenvalue weighted by molar-refractivity contribution is 0.411. The molecule has 2 aromatic heterocycles. The first-order valence-corrected chi connectivity index (χ1v) is 3.65. The zero-order valence-corrected chi connectivity index (χ0v) is 6.98. The summed E-state index contributed by atoms with van der Waals surface area (Å²) in [6.45, 7) is 1.98. The van der Waals surface area contributed by atoms with E-state index in [0.29, 0.717) is 0 Å². The van der Waals surface area contributed by atoms with Crippen molar-refractivity contribution in [2.75, 3.05) is 7.11 Å². The van der Waals surface area contributed by atoms with Crippen LogP contribution < -0.4 is 4.74 Å². The Labute approximate surface area is 69.8 Å². The van der Waals surface area contributed by atoms with Gasteiger partial charge in [-0.05, 0) is 6.92 Å². The summed E-state index contributed by atoms with van der Waals surface area (Å²) < 4.78 is 7.00. The average molecular weight is 163 g/mol. The van der Waals surface area contributed by atoms with Crippen LogP contribution in [0, 0.1) is 6.92 Å². The Kier molecular flexibility index (Phi) is 1.46. The van der Waals surface area contributed by atoms with Crippen molar-refractivity contribution in [2.24, 2.45) is 0 Å². The van der Waals surface area contributed by atoms with E-state index in [1.54, 1.807) is 13.4 Å². The summed E-state index contributed by atoms with van der Waals surface area (Å²) in [5.74, 6) is 0.843. The summed E-state index contributed by atoms with van der Waals surface area (Å²) >= 11 is 0. The van der Waals surface area contributed by atoms with Gasteiger partial charge in [-0.3, -0.25) is 4.40 Å². The maximum Gasteiger partial charge on any atom is 0.164 e. The first kappa shape index (κ1) is 7.09. The topological polar surface area (TPSA) is 39.4 Å². The summed E-state index contributed by atoms with van der Waals surface area (Å²) in [7, 11) is 1.65. The molecule has 0 saturated carbocycles. The zero-order chi connectivity index (χ0) is 8.55. The van der Waals surface area contributed by atoms with E-state index in [-0.39, 0.29) is 0 Å². The molecule has 0 saturated heterocycles. The van der Waals surface area contributed by atoms with E-state index in [2.05, 4.69) is 10.2 Å². The van der Waals surface area contributed by atoms with E-state index in [0.717, 1.165) is 17.0 Å².